The number of nitrogens with two attached hydrogens (primary N) is 1. The predicted octanol–water partition coefficient (Wildman–Crippen LogP) is 3.35. The van der Waals surface area contributed by atoms with Gasteiger partial charge in [0.2, 0.25) is 0 Å². The number of rotatable bonds is 5. The fourth-order valence-corrected chi connectivity index (χ4v) is 3.73. The van der Waals surface area contributed by atoms with Crippen molar-refractivity contribution in [2.45, 2.75) is 12.5 Å². The summed E-state index contributed by atoms with van der Waals surface area (Å²) >= 11 is 0. The van der Waals surface area contributed by atoms with Crippen LogP contribution in [0.2, 0.25) is 0 Å². The van der Waals surface area contributed by atoms with Gasteiger partial charge in [0.15, 0.2) is 0 Å². The zero-order valence-corrected chi connectivity index (χ0v) is 15.4. The Labute approximate surface area is 151 Å². The summed E-state index contributed by atoms with van der Waals surface area (Å²) in [5.41, 5.74) is 10.2. The molecule has 0 aromatic heterocycles. The predicted molar refractivity (Wildman–Crippen MR) is 105 cm³/mol. The highest BCUT2D eigenvalue weighted by atomic mass is 35.5. The highest BCUT2D eigenvalue weighted by Crippen LogP contribution is 2.33. The Morgan fingerprint density at radius 2 is 1.67 bits per heavy atom. The lowest BCUT2D eigenvalue weighted by molar-refractivity contribution is 0.317. The topological polar surface area (TPSA) is 32.5 Å². The van der Waals surface area contributed by atoms with Crippen LogP contribution in [0.3, 0.4) is 0 Å². The Hall–Kier alpha value is -1.55. The largest absolute Gasteiger partial charge is 0.377 e. The first-order chi connectivity index (χ1) is 11.2. The first-order valence-electron chi connectivity index (χ1n) is 8.41. The van der Waals surface area contributed by atoms with Crippen LogP contribution in [0, 0.1) is 5.92 Å². The smallest absolute Gasteiger partial charge is 0.0406 e. The first kappa shape index (κ1) is 18.8. The molecule has 2 aromatic rings. The SMILES string of the molecule is CN(C)c1ccccc1CN1C[C@@H](CN)[C@H](c2ccccc2)C1.Cl. The van der Waals surface area contributed by atoms with Crippen LogP contribution in [0.25, 0.3) is 0 Å². The Balaban J connectivity index is 0.00000208. The minimum absolute atomic E-state index is 0. The van der Waals surface area contributed by atoms with Gasteiger partial charge in [-0.15, -0.1) is 12.4 Å². The monoisotopic (exact) mass is 345 g/mol. The molecule has 2 N–H and O–H groups in total. The van der Waals surface area contributed by atoms with E-state index >= 15 is 0 Å². The van der Waals surface area contributed by atoms with E-state index in [1.165, 1.54) is 16.8 Å². The molecule has 1 heterocycles. The molecule has 2 aromatic carbocycles. The zero-order valence-electron chi connectivity index (χ0n) is 14.6. The second-order valence-electron chi connectivity index (χ2n) is 6.73. The summed E-state index contributed by atoms with van der Waals surface area (Å²) in [6.07, 6.45) is 0. The van der Waals surface area contributed by atoms with Crippen molar-refractivity contribution in [3.05, 3.63) is 65.7 Å². The van der Waals surface area contributed by atoms with E-state index in [1.807, 2.05) is 0 Å². The molecule has 24 heavy (non-hydrogen) atoms. The van der Waals surface area contributed by atoms with E-state index in [9.17, 15) is 0 Å². The van der Waals surface area contributed by atoms with Crippen LogP contribution in [-0.4, -0.2) is 38.6 Å². The van der Waals surface area contributed by atoms with E-state index in [1.54, 1.807) is 0 Å². The lowest BCUT2D eigenvalue weighted by atomic mass is 9.89. The summed E-state index contributed by atoms with van der Waals surface area (Å²) in [7, 11) is 4.22. The van der Waals surface area contributed by atoms with E-state index in [4.69, 9.17) is 5.73 Å². The summed E-state index contributed by atoms with van der Waals surface area (Å²) in [5, 5.41) is 0. The molecular weight excluding hydrogens is 318 g/mol. The maximum atomic E-state index is 6.06. The second kappa shape index (κ2) is 8.52. The molecule has 1 fully saturated rings. The van der Waals surface area contributed by atoms with Crippen molar-refractivity contribution in [3.63, 3.8) is 0 Å². The number of hydrogen-bond acceptors (Lipinski definition) is 3. The molecule has 130 valence electrons. The van der Waals surface area contributed by atoms with Gasteiger partial charge in [0.1, 0.15) is 0 Å². The van der Waals surface area contributed by atoms with Gasteiger partial charge in [-0.3, -0.25) is 4.90 Å². The molecule has 1 saturated heterocycles. The molecule has 0 saturated carbocycles. The van der Waals surface area contributed by atoms with Crippen molar-refractivity contribution in [2.75, 3.05) is 38.6 Å². The van der Waals surface area contributed by atoms with E-state index < -0.39 is 0 Å². The van der Waals surface area contributed by atoms with E-state index in [-0.39, 0.29) is 12.4 Å². The molecule has 0 radical (unpaired) electrons. The molecule has 1 aliphatic heterocycles. The third-order valence-electron chi connectivity index (χ3n) is 4.91. The number of anilines is 1. The number of nitrogens with zero attached hydrogens (tertiary/aromatic N) is 2. The molecule has 0 spiro atoms. The van der Waals surface area contributed by atoms with Crippen LogP contribution >= 0.6 is 12.4 Å². The lowest BCUT2D eigenvalue weighted by Gasteiger charge is -2.22. The van der Waals surface area contributed by atoms with Crippen molar-refractivity contribution in [2.24, 2.45) is 11.7 Å². The first-order valence-corrected chi connectivity index (χ1v) is 8.41. The summed E-state index contributed by atoms with van der Waals surface area (Å²) in [6.45, 7) is 3.92. The van der Waals surface area contributed by atoms with E-state index in [0.29, 0.717) is 11.8 Å². The van der Waals surface area contributed by atoms with Crippen molar-refractivity contribution in [1.82, 2.24) is 4.90 Å². The van der Waals surface area contributed by atoms with Gasteiger partial charge >= 0.3 is 0 Å². The standard InChI is InChI=1S/C20H27N3.ClH/c1-22(2)20-11-7-6-10-17(20)13-23-14-18(12-21)19(15-23)16-8-4-3-5-9-16;/h3-11,18-19H,12-15,21H2,1-2H3;1H/t18-,19+;/m1./s1. The summed E-state index contributed by atoms with van der Waals surface area (Å²) in [6, 6.07) is 19.5. The van der Waals surface area contributed by atoms with Crippen LogP contribution < -0.4 is 10.6 Å². The van der Waals surface area contributed by atoms with Crippen molar-refractivity contribution in [3.8, 4) is 0 Å². The maximum absolute atomic E-state index is 6.06. The van der Waals surface area contributed by atoms with E-state index in [2.05, 4.69) is 78.5 Å². The number of para-hydroxylation sites is 1. The van der Waals surface area contributed by atoms with Gasteiger partial charge in [-0.25, -0.2) is 0 Å². The Kier molecular flexibility index (Phi) is 6.67. The van der Waals surface area contributed by atoms with Gasteiger partial charge in [0.25, 0.3) is 0 Å². The van der Waals surface area contributed by atoms with Gasteiger partial charge in [-0.05, 0) is 29.7 Å². The van der Waals surface area contributed by atoms with Gasteiger partial charge in [-0.2, -0.15) is 0 Å². The van der Waals surface area contributed by atoms with Crippen molar-refractivity contribution < 1.29 is 0 Å². The van der Waals surface area contributed by atoms with Crippen LogP contribution in [0.4, 0.5) is 5.69 Å². The van der Waals surface area contributed by atoms with Gasteiger partial charge in [-0.1, -0.05) is 48.5 Å². The van der Waals surface area contributed by atoms with Crippen LogP contribution in [-0.2, 0) is 6.54 Å². The van der Waals surface area contributed by atoms with Crippen molar-refractivity contribution in [1.29, 1.82) is 0 Å². The lowest BCUT2D eigenvalue weighted by Crippen LogP contribution is -2.24. The van der Waals surface area contributed by atoms with E-state index in [0.717, 1.165) is 26.2 Å². The Morgan fingerprint density at radius 3 is 2.33 bits per heavy atom. The van der Waals surface area contributed by atoms with Crippen LogP contribution in [0.15, 0.2) is 54.6 Å². The molecule has 0 unspecified atom stereocenters. The quantitative estimate of drug-likeness (QED) is 0.902. The fraction of sp³-hybridized carbons (Fsp3) is 0.400. The fourth-order valence-electron chi connectivity index (χ4n) is 3.73. The minimum Gasteiger partial charge on any atom is -0.377 e. The number of halogens is 1. The van der Waals surface area contributed by atoms with Crippen molar-refractivity contribution >= 4 is 18.1 Å². The number of hydrogen-bond donors (Lipinski definition) is 1. The summed E-state index contributed by atoms with van der Waals surface area (Å²) < 4.78 is 0. The third-order valence-corrected chi connectivity index (χ3v) is 4.91. The average Bonchev–Trinajstić information content (AvgIpc) is 2.99. The zero-order chi connectivity index (χ0) is 16.2. The minimum atomic E-state index is 0. The average molecular weight is 346 g/mol. The molecule has 1 aliphatic rings. The second-order valence-corrected chi connectivity index (χ2v) is 6.73. The molecule has 3 nitrogen and oxygen atoms in total. The van der Waals surface area contributed by atoms with Crippen LogP contribution in [0.5, 0.6) is 0 Å². The molecule has 4 heteroatoms. The third kappa shape index (κ3) is 4.10. The molecule has 3 rings (SSSR count). The van der Waals surface area contributed by atoms with Crippen LogP contribution in [0.1, 0.15) is 17.0 Å². The van der Waals surface area contributed by atoms with Gasteiger partial charge < -0.3 is 10.6 Å². The molecular formula is C20H28ClN3. The molecule has 0 amide bonds. The normalized spacial score (nSPS) is 20.6. The molecule has 0 bridgehead atoms. The summed E-state index contributed by atoms with van der Waals surface area (Å²) in [4.78, 5) is 4.75. The maximum Gasteiger partial charge on any atom is 0.0406 e. The van der Waals surface area contributed by atoms with Gasteiger partial charge in [0.05, 0.1) is 0 Å². The molecule has 0 aliphatic carbocycles. The number of benzene rings is 2. The summed E-state index contributed by atoms with van der Waals surface area (Å²) in [5.74, 6) is 1.09. The Morgan fingerprint density at radius 1 is 1.00 bits per heavy atom. The highest BCUT2D eigenvalue weighted by molar-refractivity contribution is 5.85. The highest BCUT2D eigenvalue weighted by Gasteiger charge is 2.32. The number of likely N-dealkylation sites (tertiary alicyclic amines) is 1. The van der Waals surface area contributed by atoms with Gasteiger partial charge in [0, 0.05) is 45.3 Å². The molecule has 2 atom stereocenters. The Bertz CT molecular complexity index is 630.